The Bertz CT molecular complexity index is 751. The molecule has 0 aliphatic rings. The van der Waals surface area contributed by atoms with Crippen LogP contribution in [0.15, 0.2) is 61.1 Å². The van der Waals surface area contributed by atoms with E-state index in [2.05, 4.69) is 15.0 Å². The highest BCUT2D eigenvalue weighted by Crippen LogP contribution is 2.21. The van der Waals surface area contributed by atoms with Crippen LogP contribution < -0.4 is 0 Å². The summed E-state index contributed by atoms with van der Waals surface area (Å²) in [6, 6.07) is 13.7. The minimum absolute atomic E-state index is 0.148. The van der Waals surface area contributed by atoms with Crippen LogP contribution in [-0.2, 0) is 0 Å². The van der Waals surface area contributed by atoms with Gasteiger partial charge in [-0.1, -0.05) is 36.4 Å². The molecule has 0 bridgehead atoms. The van der Waals surface area contributed by atoms with Gasteiger partial charge in [-0.2, -0.15) is 0 Å². The molecular formula is C16H13N3. The smallest absolute Gasteiger partial charge is 0.125 e. The standard InChI is InChI=1S/C16H13N3/c1-12-17-10-15(11-18-12)14-7-8-16(19-9-14)13-5-3-2-4-6-13/h2-11H,1H3/i1D3. The highest BCUT2D eigenvalue weighted by molar-refractivity contribution is 5.65. The van der Waals surface area contributed by atoms with Crippen LogP contribution >= 0.6 is 0 Å². The van der Waals surface area contributed by atoms with Gasteiger partial charge in [0.05, 0.1) is 5.69 Å². The van der Waals surface area contributed by atoms with E-state index in [0.717, 1.165) is 22.4 Å². The molecule has 3 aromatic rings. The molecular weight excluding hydrogens is 234 g/mol. The zero-order valence-corrected chi connectivity index (χ0v) is 10.1. The molecule has 0 amide bonds. The molecule has 0 N–H and O–H groups in total. The number of hydrogen-bond acceptors (Lipinski definition) is 3. The van der Waals surface area contributed by atoms with E-state index < -0.39 is 6.85 Å². The van der Waals surface area contributed by atoms with Crippen LogP contribution in [-0.4, -0.2) is 15.0 Å². The number of hydrogen-bond donors (Lipinski definition) is 0. The molecule has 3 nitrogen and oxygen atoms in total. The van der Waals surface area contributed by atoms with Gasteiger partial charge >= 0.3 is 0 Å². The van der Waals surface area contributed by atoms with Crippen molar-refractivity contribution >= 4 is 0 Å². The number of pyridine rings is 1. The maximum Gasteiger partial charge on any atom is 0.125 e. The van der Waals surface area contributed by atoms with Gasteiger partial charge in [0.15, 0.2) is 0 Å². The van der Waals surface area contributed by atoms with E-state index in [1.165, 1.54) is 12.4 Å². The molecule has 0 saturated carbocycles. The third-order valence-electron chi connectivity index (χ3n) is 2.82. The van der Waals surface area contributed by atoms with Crippen molar-refractivity contribution < 1.29 is 4.11 Å². The predicted octanol–water partition coefficient (Wildman–Crippen LogP) is 3.51. The molecule has 2 heterocycles. The fraction of sp³-hybridized carbons (Fsp3) is 0.0625. The predicted molar refractivity (Wildman–Crippen MR) is 75.4 cm³/mol. The van der Waals surface area contributed by atoms with Gasteiger partial charge in [-0.15, -0.1) is 0 Å². The average molecular weight is 250 g/mol. The maximum atomic E-state index is 7.27. The normalized spacial score (nSPS) is 13.4. The van der Waals surface area contributed by atoms with E-state index in [1.807, 2.05) is 42.5 Å². The highest BCUT2D eigenvalue weighted by Gasteiger charge is 2.01. The fourth-order valence-corrected chi connectivity index (χ4v) is 1.82. The van der Waals surface area contributed by atoms with Gasteiger partial charge in [0.1, 0.15) is 5.82 Å². The van der Waals surface area contributed by atoms with Crippen molar-refractivity contribution in [3.05, 3.63) is 66.9 Å². The fourth-order valence-electron chi connectivity index (χ4n) is 1.82. The number of rotatable bonds is 2. The summed E-state index contributed by atoms with van der Waals surface area (Å²) in [4.78, 5) is 12.2. The molecule has 2 aromatic heterocycles. The van der Waals surface area contributed by atoms with E-state index >= 15 is 0 Å². The molecule has 0 aliphatic heterocycles. The topological polar surface area (TPSA) is 38.7 Å². The lowest BCUT2D eigenvalue weighted by atomic mass is 10.1. The van der Waals surface area contributed by atoms with Crippen molar-refractivity contribution in [2.45, 2.75) is 6.85 Å². The van der Waals surface area contributed by atoms with Gasteiger partial charge in [0.2, 0.25) is 0 Å². The Hall–Kier alpha value is -2.55. The van der Waals surface area contributed by atoms with E-state index in [0.29, 0.717) is 0 Å². The molecule has 0 saturated heterocycles. The summed E-state index contributed by atoms with van der Waals surface area (Å²) >= 11 is 0. The second-order valence-electron chi connectivity index (χ2n) is 4.09. The van der Waals surface area contributed by atoms with Crippen molar-refractivity contribution in [2.24, 2.45) is 0 Å². The Morgan fingerprint density at radius 1 is 0.737 bits per heavy atom. The first-order chi connectivity index (χ1) is 10.5. The summed E-state index contributed by atoms with van der Waals surface area (Å²) in [5.74, 6) is -0.148. The first kappa shape index (κ1) is 8.53. The van der Waals surface area contributed by atoms with E-state index in [-0.39, 0.29) is 5.82 Å². The van der Waals surface area contributed by atoms with Gasteiger partial charge in [-0.3, -0.25) is 4.98 Å². The first-order valence-corrected chi connectivity index (χ1v) is 5.88. The molecule has 1 aromatic carbocycles. The lowest BCUT2D eigenvalue weighted by Crippen LogP contribution is -1.89. The average Bonchev–Trinajstić information content (AvgIpc) is 2.55. The second kappa shape index (κ2) is 4.98. The van der Waals surface area contributed by atoms with Crippen molar-refractivity contribution in [2.75, 3.05) is 0 Å². The molecule has 3 heteroatoms. The van der Waals surface area contributed by atoms with Crippen LogP contribution in [0.25, 0.3) is 22.4 Å². The Morgan fingerprint density at radius 3 is 2.11 bits per heavy atom. The minimum atomic E-state index is -2.28. The summed E-state index contributed by atoms with van der Waals surface area (Å²) < 4.78 is 21.8. The third-order valence-corrected chi connectivity index (χ3v) is 2.82. The molecule has 19 heavy (non-hydrogen) atoms. The zero-order chi connectivity index (χ0) is 15.6. The molecule has 0 atom stereocenters. The third kappa shape index (κ3) is 2.50. The summed E-state index contributed by atoms with van der Waals surface area (Å²) in [6.07, 6.45) is 4.75. The molecule has 0 unspecified atom stereocenters. The Kier molecular flexibility index (Phi) is 2.24. The van der Waals surface area contributed by atoms with Gasteiger partial charge < -0.3 is 0 Å². The van der Waals surface area contributed by atoms with Crippen LogP contribution in [0, 0.1) is 6.85 Å². The Morgan fingerprint density at radius 2 is 1.47 bits per heavy atom. The Labute approximate surface area is 116 Å². The summed E-state index contributed by atoms with van der Waals surface area (Å²) in [5.41, 5.74) is 3.50. The quantitative estimate of drug-likeness (QED) is 0.698. The van der Waals surface area contributed by atoms with Gasteiger partial charge in [-0.05, 0) is 12.9 Å². The number of aromatic nitrogens is 3. The van der Waals surface area contributed by atoms with Crippen LogP contribution in [0.1, 0.15) is 9.94 Å². The monoisotopic (exact) mass is 250 g/mol. The van der Waals surface area contributed by atoms with Crippen molar-refractivity contribution in [1.82, 2.24) is 15.0 Å². The lowest BCUT2D eigenvalue weighted by molar-refractivity contribution is 1.05. The molecule has 92 valence electrons. The van der Waals surface area contributed by atoms with Crippen molar-refractivity contribution in [3.8, 4) is 22.4 Å². The van der Waals surface area contributed by atoms with Crippen molar-refractivity contribution in [1.29, 1.82) is 0 Å². The molecule has 0 aliphatic carbocycles. The molecule has 3 rings (SSSR count). The van der Waals surface area contributed by atoms with Gasteiger partial charge in [-0.25, -0.2) is 9.97 Å². The van der Waals surface area contributed by atoms with E-state index in [4.69, 9.17) is 4.11 Å². The van der Waals surface area contributed by atoms with Gasteiger partial charge in [0.25, 0.3) is 0 Å². The van der Waals surface area contributed by atoms with Crippen molar-refractivity contribution in [3.63, 3.8) is 0 Å². The zero-order valence-electron chi connectivity index (χ0n) is 13.1. The highest BCUT2D eigenvalue weighted by atomic mass is 14.8. The van der Waals surface area contributed by atoms with Crippen LogP contribution in [0.3, 0.4) is 0 Å². The second-order valence-corrected chi connectivity index (χ2v) is 4.09. The lowest BCUT2D eigenvalue weighted by Gasteiger charge is -2.03. The minimum Gasteiger partial charge on any atom is -0.256 e. The molecule has 0 spiro atoms. The maximum absolute atomic E-state index is 7.27. The molecule has 0 fully saturated rings. The molecule has 0 radical (unpaired) electrons. The van der Waals surface area contributed by atoms with E-state index in [9.17, 15) is 0 Å². The van der Waals surface area contributed by atoms with Crippen LogP contribution in [0.4, 0.5) is 0 Å². The van der Waals surface area contributed by atoms with E-state index in [1.54, 1.807) is 6.20 Å². The Balaban J connectivity index is 1.87. The summed E-state index contributed by atoms with van der Waals surface area (Å²) in [5, 5.41) is 0. The first-order valence-electron chi connectivity index (χ1n) is 7.38. The van der Waals surface area contributed by atoms with Crippen LogP contribution in [0.5, 0.6) is 0 Å². The number of aryl methyl sites for hydroxylation is 1. The van der Waals surface area contributed by atoms with Gasteiger partial charge in [0, 0.05) is 39.4 Å². The SMILES string of the molecule is [2H]C([2H])([2H])c1ncc(-c2ccc(-c3ccccc3)nc2)cn1. The summed E-state index contributed by atoms with van der Waals surface area (Å²) in [7, 11) is 0. The van der Waals surface area contributed by atoms with Crippen LogP contribution in [0.2, 0.25) is 0 Å². The number of nitrogens with zero attached hydrogens (tertiary/aromatic N) is 3. The summed E-state index contributed by atoms with van der Waals surface area (Å²) in [6.45, 7) is -2.28. The number of benzene rings is 1. The largest absolute Gasteiger partial charge is 0.256 e.